The van der Waals surface area contributed by atoms with Crippen LogP contribution in [0.3, 0.4) is 0 Å². The van der Waals surface area contributed by atoms with Crippen molar-refractivity contribution in [2.45, 2.75) is 51.6 Å². The standard InChI is InChI=1S/C25H31N3O4/c1-17-7-6-8-18(2)24(17)27-23(30)16-28(20-11-12-20)14-13-22(29)26-21(25(31)32)15-19-9-4-3-5-10-19/h3-10,20-21H,11-16H2,1-2H3,(H,26,29)(H,27,30)(H,31,32). The quantitative estimate of drug-likeness (QED) is 0.502. The van der Waals surface area contributed by atoms with Crippen LogP contribution in [0.2, 0.25) is 0 Å². The maximum absolute atomic E-state index is 12.6. The van der Waals surface area contributed by atoms with Crippen molar-refractivity contribution in [1.82, 2.24) is 10.2 Å². The highest BCUT2D eigenvalue weighted by Crippen LogP contribution is 2.27. The van der Waals surface area contributed by atoms with Crippen LogP contribution in [-0.2, 0) is 20.8 Å². The van der Waals surface area contributed by atoms with Gasteiger partial charge in [-0.25, -0.2) is 4.79 Å². The first-order chi connectivity index (χ1) is 15.3. The van der Waals surface area contributed by atoms with Crippen LogP contribution in [0.1, 0.15) is 36.0 Å². The lowest BCUT2D eigenvalue weighted by Gasteiger charge is -2.22. The average Bonchev–Trinajstić information content (AvgIpc) is 3.59. The molecule has 3 rings (SSSR count). The summed E-state index contributed by atoms with van der Waals surface area (Å²) in [6.07, 6.45) is 2.38. The molecule has 0 radical (unpaired) electrons. The van der Waals surface area contributed by atoms with Gasteiger partial charge in [0.2, 0.25) is 11.8 Å². The number of carbonyl (C=O) groups is 3. The van der Waals surface area contributed by atoms with E-state index in [0.29, 0.717) is 12.6 Å². The van der Waals surface area contributed by atoms with Gasteiger partial charge in [-0.1, -0.05) is 48.5 Å². The molecule has 0 aromatic heterocycles. The number of benzene rings is 2. The zero-order valence-corrected chi connectivity index (χ0v) is 18.6. The Kier molecular flexibility index (Phi) is 8.00. The second kappa shape index (κ2) is 10.9. The molecule has 0 heterocycles. The predicted octanol–water partition coefficient (Wildman–Crippen LogP) is 2.91. The molecule has 1 saturated carbocycles. The first kappa shape index (κ1) is 23.5. The van der Waals surface area contributed by atoms with Gasteiger partial charge in [0.1, 0.15) is 6.04 Å². The predicted molar refractivity (Wildman–Crippen MR) is 123 cm³/mol. The van der Waals surface area contributed by atoms with E-state index < -0.39 is 12.0 Å². The summed E-state index contributed by atoms with van der Waals surface area (Å²) in [6, 6.07) is 14.4. The molecule has 0 aliphatic heterocycles. The molecule has 1 aliphatic carbocycles. The molecule has 7 nitrogen and oxygen atoms in total. The molecule has 2 aromatic rings. The molecule has 170 valence electrons. The molecule has 1 fully saturated rings. The van der Waals surface area contributed by atoms with E-state index in [1.165, 1.54) is 0 Å². The maximum Gasteiger partial charge on any atom is 0.326 e. The van der Waals surface area contributed by atoms with Gasteiger partial charge < -0.3 is 15.7 Å². The summed E-state index contributed by atoms with van der Waals surface area (Å²) in [5.74, 6) is -1.49. The third kappa shape index (κ3) is 6.92. The van der Waals surface area contributed by atoms with Crippen molar-refractivity contribution in [1.29, 1.82) is 0 Å². The van der Waals surface area contributed by atoms with Gasteiger partial charge in [0.05, 0.1) is 6.54 Å². The van der Waals surface area contributed by atoms with E-state index in [-0.39, 0.29) is 31.2 Å². The monoisotopic (exact) mass is 437 g/mol. The minimum absolute atomic E-state index is 0.109. The molecule has 1 atom stereocenters. The molecule has 1 aliphatic rings. The fourth-order valence-electron chi connectivity index (χ4n) is 3.77. The van der Waals surface area contributed by atoms with Crippen LogP contribution in [0.25, 0.3) is 0 Å². The fraction of sp³-hybridized carbons (Fsp3) is 0.400. The topological polar surface area (TPSA) is 98.7 Å². The molecule has 0 saturated heterocycles. The lowest BCUT2D eigenvalue weighted by molar-refractivity contribution is -0.141. The maximum atomic E-state index is 12.6. The van der Waals surface area contributed by atoms with E-state index in [0.717, 1.165) is 35.2 Å². The van der Waals surface area contributed by atoms with E-state index in [1.54, 1.807) is 0 Å². The highest BCUT2D eigenvalue weighted by Gasteiger charge is 2.31. The van der Waals surface area contributed by atoms with Crippen molar-refractivity contribution in [3.8, 4) is 0 Å². The van der Waals surface area contributed by atoms with Crippen molar-refractivity contribution < 1.29 is 19.5 Å². The molecule has 7 heteroatoms. The Balaban J connectivity index is 1.52. The average molecular weight is 438 g/mol. The summed E-state index contributed by atoms with van der Waals surface area (Å²) in [5, 5.41) is 15.1. The van der Waals surface area contributed by atoms with Gasteiger partial charge >= 0.3 is 5.97 Å². The molecular formula is C25H31N3O4. The van der Waals surface area contributed by atoms with Crippen molar-refractivity contribution in [2.24, 2.45) is 0 Å². The number of carbonyl (C=O) groups excluding carboxylic acids is 2. The van der Waals surface area contributed by atoms with Crippen LogP contribution in [0.5, 0.6) is 0 Å². The Hall–Kier alpha value is -3.19. The minimum atomic E-state index is -1.06. The number of carboxylic acids is 1. The molecule has 32 heavy (non-hydrogen) atoms. The molecule has 0 bridgehead atoms. The van der Waals surface area contributed by atoms with Gasteiger partial charge in [0.15, 0.2) is 0 Å². The third-order valence-corrected chi connectivity index (χ3v) is 5.70. The second-order valence-electron chi connectivity index (χ2n) is 8.41. The van der Waals surface area contributed by atoms with E-state index in [9.17, 15) is 19.5 Å². The van der Waals surface area contributed by atoms with E-state index in [1.807, 2.05) is 67.3 Å². The molecular weight excluding hydrogens is 406 g/mol. The number of anilines is 1. The van der Waals surface area contributed by atoms with Crippen LogP contribution in [-0.4, -0.2) is 53.0 Å². The number of rotatable bonds is 11. The van der Waals surface area contributed by atoms with Gasteiger partial charge in [0, 0.05) is 31.1 Å². The fourth-order valence-corrected chi connectivity index (χ4v) is 3.77. The summed E-state index contributed by atoms with van der Waals surface area (Å²) in [5.41, 5.74) is 3.70. The SMILES string of the molecule is Cc1cccc(C)c1NC(=O)CN(CCC(=O)NC(Cc1ccccc1)C(=O)O)C1CC1. The zero-order valence-electron chi connectivity index (χ0n) is 18.6. The van der Waals surface area contributed by atoms with E-state index in [2.05, 4.69) is 10.6 Å². The Labute approximate surface area is 188 Å². The van der Waals surface area contributed by atoms with E-state index >= 15 is 0 Å². The van der Waals surface area contributed by atoms with Crippen molar-refractivity contribution in [2.75, 3.05) is 18.4 Å². The van der Waals surface area contributed by atoms with Crippen molar-refractivity contribution >= 4 is 23.5 Å². The summed E-state index contributed by atoms with van der Waals surface area (Å²) in [7, 11) is 0. The summed E-state index contributed by atoms with van der Waals surface area (Å²) in [6.45, 7) is 4.53. The van der Waals surface area contributed by atoms with Gasteiger partial charge in [-0.05, 0) is 43.4 Å². The number of nitrogens with one attached hydrogen (secondary N) is 2. The zero-order chi connectivity index (χ0) is 23.1. The molecule has 0 spiro atoms. The Bertz CT molecular complexity index is 937. The number of hydrogen-bond donors (Lipinski definition) is 3. The number of amides is 2. The molecule has 2 amide bonds. The third-order valence-electron chi connectivity index (χ3n) is 5.70. The lowest BCUT2D eigenvalue weighted by Crippen LogP contribution is -2.44. The number of carboxylic acid groups (broad SMARTS) is 1. The van der Waals surface area contributed by atoms with E-state index in [4.69, 9.17) is 0 Å². The molecule has 2 aromatic carbocycles. The summed E-state index contributed by atoms with van der Waals surface area (Å²) < 4.78 is 0. The highest BCUT2D eigenvalue weighted by atomic mass is 16.4. The summed E-state index contributed by atoms with van der Waals surface area (Å²) in [4.78, 5) is 38.7. The number of aryl methyl sites for hydroxylation is 2. The smallest absolute Gasteiger partial charge is 0.326 e. The number of para-hydroxylation sites is 1. The molecule has 3 N–H and O–H groups in total. The number of aliphatic carboxylic acids is 1. The summed E-state index contributed by atoms with van der Waals surface area (Å²) >= 11 is 0. The Morgan fingerprint density at radius 3 is 2.25 bits per heavy atom. The van der Waals surface area contributed by atoms with Gasteiger partial charge in [0.25, 0.3) is 0 Å². The highest BCUT2D eigenvalue weighted by molar-refractivity contribution is 5.93. The lowest BCUT2D eigenvalue weighted by atomic mass is 10.1. The first-order valence-corrected chi connectivity index (χ1v) is 11.0. The van der Waals surface area contributed by atoms with Gasteiger partial charge in [-0.2, -0.15) is 0 Å². The second-order valence-corrected chi connectivity index (χ2v) is 8.41. The largest absolute Gasteiger partial charge is 0.480 e. The van der Waals surface area contributed by atoms with Crippen LogP contribution >= 0.6 is 0 Å². The normalized spacial score (nSPS) is 14.1. The minimum Gasteiger partial charge on any atom is -0.480 e. The van der Waals surface area contributed by atoms with Crippen molar-refractivity contribution in [3.05, 3.63) is 65.2 Å². The molecule has 1 unspecified atom stereocenters. The number of hydrogen-bond acceptors (Lipinski definition) is 4. The van der Waals surface area contributed by atoms with Crippen molar-refractivity contribution in [3.63, 3.8) is 0 Å². The Morgan fingerprint density at radius 2 is 1.66 bits per heavy atom. The van der Waals surface area contributed by atoms with Crippen LogP contribution < -0.4 is 10.6 Å². The van der Waals surface area contributed by atoms with Crippen LogP contribution in [0, 0.1) is 13.8 Å². The Morgan fingerprint density at radius 1 is 1.00 bits per heavy atom. The van der Waals surface area contributed by atoms with Crippen LogP contribution in [0.15, 0.2) is 48.5 Å². The number of nitrogens with zero attached hydrogens (tertiary/aromatic N) is 1. The van der Waals surface area contributed by atoms with Gasteiger partial charge in [-0.3, -0.25) is 14.5 Å². The van der Waals surface area contributed by atoms with Gasteiger partial charge in [-0.15, -0.1) is 0 Å². The first-order valence-electron chi connectivity index (χ1n) is 11.0. The van der Waals surface area contributed by atoms with Crippen LogP contribution in [0.4, 0.5) is 5.69 Å².